The van der Waals surface area contributed by atoms with Gasteiger partial charge >= 0.3 is 11.7 Å². The van der Waals surface area contributed by atoms with Gasteiger partial charge in [0.15, 0.2) is 0 Å². The van der Waals surface area contributed by atoms with Crippen LogP contribution in [0.1, 0.15) is 11.1 Å². The summed E-state index contributed by atoms with van der Waals surface area (Å²) in [5.41, 5.74) is 3.21. The van der Waals surface area contributed by atoms with Gasteiger partial charge in [-0.1, -0.05) is 36.4 Å². The van der Waals surface area contributed by atoms with E-state index in [4.69, 9.17) is 0 Å². The van der Waals surface area contributed by atoms with Crippen LogP contribution in [0, 0.1) is 0 Å². The van der Waals surface area contributed by atoms with Crippen molar-refractivity contribution >= 4 is 17.1 Å². The first-order chi connectivity index (χ1) is 10.7. The topological polar surface area (TPSA) is 89.8 Å². The lowest BCUT2D eigenvalue weighted by Crippen LogP contribution is -2.34. The van der Waals surface area contributed by atoms with Crippen LogP contribution in [0.3, 0.4) is 0 Å². The second-order valence-electron chi connectivity index (χ2n) is 4.98. The number of aromatic nitrogens is 2. The highest BCUT2D eigenvalue weighted by molar-refractivity contribution is 5.76. The molecule has 0 radical (unpaired) electrons. The Kier molecular flexibility index (Phi) is 3.91. The van der Waals surface area contributed by atoms with E-state index in [1.807, 2.05) is 48.5 Å². The molecule has 0 fully saturated rings. The van der Waals surface area contributed by atoms with Crippen molar-refractivity contribution in [2.45, 2.75) is 13.1 Å². The maximum atomic E-state index is 11.8. The molecule has 1 aromatic heterocycles. The Bertz CT molecular complexity index is 836. The van der Waals surface area contributed by atoms with Crippen LogP contribution in [-0.4, -0.2) is 16.0 Å². The Morgan fingerprint density at radius 2 is 1.55 bits per heavy atom. The lowest BCUT2D eigenvalue weighted by molar-refractivity contribution is 0.240. The molecule has 1 heterocycles. The summed E-state index contributed by atoms with van der Waals surface area (Å²) >= 11 is 0. The molecule has 0 aliphatic rings. The maximum Gasteiger partial charge on any atom is 0.323 e. The van der Waals surface area contributed by atoms with E-state index >= 15 is 0 Å². The largest absolute Gasteiger partial charge is 0.334 e. The van der Waals surface area contributed by atoms with Crippen molar-refractivity contribution in [3.05, 3.63) is 70.1 Å². The van der Waals surface area contributed by atoms with E-state index in [1.54, 1.807) is 0 Å². The fourth-order valence-corrected chi connectivity index (χ4v) is 2.21. The normalized spacial score (nSPS) is 10.5. The van der Waals surface area contributed by atoms with Gasteiger partial charge in [0.05, 0.1) is 11.0 Å². The third-order valence-corrected chi connectivity index (χ3v) is 3.33. The number of carbonyl (C=O) groups is 1. The predicted molar refractivity (Wildman–Crippen MR) is 84.4 cm³/mol. The summed E-state index contributed by atoms with van der Waals surface area (Å²) < 4.78 is 0. The average Bonchev–Trinajstić information content (AvgIpc) is 2.91. The van der Waals surface area contributed by atoms with Gasteiger partial charge < -0.3 is 20.6 Å². The molecule has 2 aromatic carbocycles. The van der Waals surface area contributed by atoms with Crippen LogP contribution >= 0.6 is 0 Å². The van der Waals surface area contributed by atoms with Crippen molar-refractivity contribution in [1.29, 1.82) is 0 Å². The molecule has 0 aliphatic carbocycles. The first-order valence-corrected chi connectivity index (χ1v) is 6.97. The van der Waals surface area contributed by atoms with Gasteiger partial charge in [-0.2, -0.15) is 0 Å². The van der Waals surface area contributed by atoms with E-state index < -0.39 is 0 Å². The van der Waals surface area contributed by atoms with Gasteiger partial charge in [-0.3, -0.25) is 0 Å². The molecule has 0 aliphatic heterocycles. The van der Waals surface area contributed by atoms with Crippen LogP contribution < -0.4 is 16.3 Å². The summed E-state index contributed by atoms with van der Waals surface area (Å²) in [5.74, 6) is 0. The Hall–Kier alpha value is -3.02. The number of amides is 2. The molecule has 3 rings (SSSR count). The SMILES string of the molecule is O=C(NCc1ccccc1)NCc1ccc2[nH]c(=O)[nH]c2c1. The van der Waals surface area contributed by atoms with Crippen molar-refractivity contribution in [2.75, 3.05) is 0 Å². The minimum Gasteiger partial charge on any atom is -0.334 e. The number of imidazole rings is 1. The van der Waals surface area contributed by atoms with Crippen molar-refractivity contribution in [3.63, 3.8) is 0 Å². The number of aromatic amines is 2. The molecular formula is C16H16N4O2. The molecule has 6 nitrogen and oxygen atoms in total. The number of carbonyl (C=O) groups excluding carboxylic acids is 1. The van der Waals surface area contributed by atoms with Gasteiger partial charge in [-0.05, 0) is 23.3 Å². The number of hydrogen-bond acceptors (Lipinski definition) is 2. The molecular weight excluding hydrogens is 280 g/mol. The zero-order chi connectivity index (χ0) is 15.4. The van der Waals surface area contributed by atoms with Gasteiger partial charge in [0.25, 0.3) is 0 Å². The molecule has 0 saturated carbocycles. The lowest BCUT2D eigenvalue weighted by atomic mass is 10.2. The summed E-state index contributed by atoms with van der Waals surface area (Å²) in [4.78, 5) is 28.3. The first-order valence-electron chi connectivity index (χ1n) is 6.97. The summed E-state index contributed by atoms with van der Waals surface area (Å²) in [6.45, 7) is 0.876. The molecule has 4 N–H and O–H groups in total. The zero-order valence-electron chi connectivity index (χ0n) is 11.8. The van der Waals surface area contributed by atoms with Crippen molar-refractivity contribution in [3.8, 4) is 0 Å². The second kappa shape index (κ2) is 6.17. The third-order valence-electron chi connectivity index (χ3n) is 3.33. The summed E-state index contributed by atoms with van der Waals surface area (Å²) in [5, 5.41) is 5.58. The number of urea groups is 1. The molecule has 0 atom stereocenters. The molecule has 3 aromatic rings. The number of benzene rings is 2. The van der Waals surface area contributed by atoms with E-state index in [2.05, 4.69) is 20.6 Å². The number of nitrogens with one attached hydrogen (secondary N) is 4. The van der Waals surface area contributed by atoms with E-state index in [0.29, 0.717) is 13.1 Å². The zero-order valence-corrected chi connectivity index (χ0v) is 11.8. The minimum atomic E-state index is -0.235. The monoisotopic (exact) mass is 296 g/mol. The van der Waals surface area contributed by atoms with E-state index in [-0.39, 0.29) is 11.7 Å². The predicted octanol–water partition coefficient (Wildman–Crippen LogP) is 1.86. The van der Waals surface area contributed by atoms with Crippen LogP contribution in [0.15, 0.2) is 53.3 Å². The molecule has 0 spiro atoms. The summed E-state index contributed by atoms with van der Waals surface area (Å²) in [6, 6.07) is 15.0. The average molecular weight is 296 g/mol. The van der Waals surface area contributed by atoms with Crippen LogP contribution in [0.4, 0.5) is 4.79 Å². The van der Waals surface area contributed by atoms with Crippen LogP contribution in [0.25, 0.3) is 11.0 Å². The van der Waals surface area contributed by atoms with Gasteiger partial charge in [0, 0.05) is 13.1 Å². The van der Waals surface area contributed by atoms with E-state index in [9.17, 15) is 9.59 Å². The lowest BCUT2D eigenvalue weighted by Gasteiger charge is -2.08. The number of fused-ring (bicyclic) bond motifs is 1. The van der Waals surface area contributed by atoms with Crippen molar-refractivity contribution < 1.29 is 4.79 Å². The fraction of sp³-hybridized carbons (Fsp3) is 0.125. The molecule has 2 amide bonds. The molecule has 0 saturated heterocycles. The molecule has 0 unspecified atom stereocenters. The van der Waals surface area contributed by atoms with Gasteiger partial charge in [0.1, 0.15) is 0 Å². The fourth-order valence-electron chi connectivity index (χ4n) is 2.21. The number of hydrogen-bond donors (Lipinski definition) is 4. The molecule has 22 heavy (non-hydrogen) atoms. The van der Waals surface area contributed by atoms with Crippen molar-refractivity contribution in [2.24, 2.45) is 0 Å². The Morgan fingerprint density at radius 1 is 0.864 bits per heavy atom. The Balaban J connectivity index is 1.54. The van der Waals surface area contributed by atoms with Gasteiger partial charge in [-0.15, -0.1) is 0 Å². The van der Waals surface area contributed by atoms with E-state index in [1.165, 1.54) is 0 Å². The van der Waals surface area contributed by atoms with Crippen LogP contribution in [0.2, 0.25) is 0 Å². The Morgan fingerprint density at radius 3 is 2.32 bits per heavy atom. The van der Waals surface area contributed by atoms with Gasteiger partial charge in [0.2, 0.25) is 0 Å². The quantitative estimate of drug-likeness (QED) is 0.592. The highest BCUT2D eigenvalue weighted by atomic mass is 16.2. The highest BCUT2D eigenvalue weighted by Crippen LogP contribution is 2.09. The minimum absolute atomic E-state index is 0.230. The number of rotatable bonds is 4. The first kappa shape index (κ1) is 13.9. The van der Waals surface area contributed by atoms with Crippen LogP contribution in [0.5, 0.6) is 0 Å². The van der Waals surface area contributed by atoms with Crippen molar-refractivity contribution in [1.82, 2.24) is 20.6 Å². The van der Waals surface area contributed by atoms with Gasteiger partial charge in [-0.25, -0.2) is 9.59 Å². The number of H-pyrrole nitrogens is 2. The molecule has 6 heteroatoms. The van der Waals surface area contributed by atoms with Crippen LogP contribution in [-0.2, 0) is 13.1 Å². The molecule has 112 valence electrons. The molecule has 0 bridgehead atoms. The maximum absolute atomic E-state index is 11.8. The summed E-state index contributed by atoms with van der Waals surface area (Å²) in [7, 11) is 0. The summed E-state index contributed by atoms with van der Waals surface area (Å²) in [6.07, 6.45) is 0. The smallest absolute Gasteiger partial charge is 0.323 e. The Labute approximate surface area is 126 Å². The standard InChI is InChI=1S/C16H16N4O2/c21-15(17-9-11-4-2-1-3-5-11)18-10-12-6-7-13-14(8-12)20-16(22)19-13/h1-8H,9-10H2,(H2,17,18,21)(H2,19,20,22). The highest BCUT2D eigenvalue weighted by Gasteiger charge is 2.03. The third kappa shape index (κ3) is 3.35. The van der Waals surface area contributed by atoms with E-state index in [0.717, 1.165) is 22.2 Å². The second-order valence-corrected chi connectivity index (χ2v) is 4.98.